The summed E-state index contributed by atoms with van der Waals surface area (Å²) in [7, 11) is 0. The molecule has 74 valence electrons. The molecule has 0 aromatic rings. The molecule has 1 N–H and O–H groups in total. The lowest BCUT2D eigenvalue weighted by molar-refractivity contribution is -0.00545. The number of piperidine rings is 1. The lowest BCUT2D eigenvalue weighted by Gasteiger charge is -2.27. The van der Waals surface area contributed by atoms with Crippen molar-refractivity contribution in [2.45, 2.75) is 44.3 Å². The van der Waals surface area contributed by atoms with Crippen LogP contribution >= 0.6 is 0 Å². The Balaban J connectivity index is 1.75. The van der Waals surface area contributed by atoms with Crippen LogP contribution in [0.4, 0.5) is 0 Å². The Morgan fingerprint density at radius 3 is 2.92 bits per heavy atom. The number of hydrogen-bond acceptors (Lipinski definition) is 2. The van der Waals surface area contributed by atoms with Crippen molar-refractivity contribution in [3.8, 4) is 0 Å². The Morgan fingerprint density at radius 2 is 2.23 bits per heavy atom. The largest absolute Gasteiger partial charge is 0.370 e. The SMILES string of the molecule is C1=CC(O[C@H]2CCCNC2)CCC1. The van der Waals surface area contributed by atoms with Crippen LogP contribution in [-0.2, 0) is 4.74 Å². The molecule has 0 saturated carbocycles. The summed E-state index contributed by atoms with van der Waals surface area (Å²) in [6.45, 7) is 2.21. The van der Waals surface area contributed by atoms with Gasteiger partial charge in [-0.3, -0.25) is 0 Å². The molecule has 1 unspecified atom stereocenters. The van der Waals surface area contributed by atoms with Gasteiger partial charge in [0.2, 0.25) is 0 Å². The molecule has 0 radical (unpaired) electrons. The zero-order valence-electron chi connectivity index (χ0n) is 8.17. The van der Waals surface area contributed by atoms with Crippen LogP contribution in [-0.4, -0.2) is 25.3 Å². The summed E-state index contributed by atoms with van der Waals surface area (Å²) in [6, 6.07) is 0. The van der Waals surface area contributed by atoms with Crippen molar-refractivity contribution in [3.63, 3.8) is 0 Å². The average molecular weight is 181 g/mol. The zero-order valence-corrected chi connectivity index (χ0v) is 8.17. The Bertz CT molecular complexity index is 173. The number of hydrogen-bond donors (Lipinski definition) is 1. The van der Waals surface area contributed by atoms with Gasteiger partial charge in [0.15, 0.2) is 0 Å². The van der Waals surface area contributed by atoms with Crippen LogP contribution in [0.15, 0.2) is 12.2 Å². The molecule has 0 spiro atoms. The molecule has 2 rings (SSSR count). The van der Waals surface area contributed by atoms with Gasteiger partial charge in [-0.15, -0.1) is 0 Å². The second-order valence-corrected chi connectivity index (χ2v) is 4.00. The molecule has 0 amide bonds. The van der Waals surface area contributed by atoms with Gasteiger partial charge in [-0.25, -0.2) is 0 Å². The summed E-state index contributed by atoms with van der Waals surface area (Å²) in [5.74, 6) is 0. The molecular weight excluding hydrogens is 162 g/mol. The summed E-state index contributed by atoms with van der Waals surface area (Å²) in [6.07, 6.45) is 11.6. The molecule has 1 aliphatic carbocycles. The Morgan fingerprint density at radius 1 is 1.23 bits per heavy atom. The maximum absolute atomic E-state index is 5.98. The summed E-state index contributed by atoms with van der Waals surface area (Å²) >= 11 is 0. The fourth-order valence-corrected chi connectivity index (χ4v) is 2.08. The van der Waals surface area contributed by atoms with Gasteiger partial charge in [0, 0.05) is 6.54 Å². The average Bonchev–Trinajstić information content (AvgIpc) is 2.21. The number of rotatable bonds is 2. The number of ether oxygens (including phenoxy) is 1. The number of nitrogens with one attached hydrogen (secondary N) is 1. The van der Waals surface area contributed by atoms with Gasteiger partial charge < -0.3 is 10.1 Å². The molecule has 1 heterocycles. The summed E-state index contributed by atoms with van der Waals surface area (Å²) in [5, 5.41) is 3.38. The minimum Gasteiger partial charge on any atom is -0.370 e. The fourth-order valence-electron chi connectivity index (χ4n) is 2.08. The van der Waals surface area contributed by atoms with Gasteiger partial charge in [0.1, 0.15) is 0 Å². The molecule has 2 heteroatoms. The van der Waals surface area contributed by atoms with E-state index in [1.54, 1.807) is 0 Å². The highest BCUT2D eigenvalue weighted by atomic mass is 16.5. The normalized spacial score (nSPS) is 34.8. The first-order valence-electron chi connectivity index (χ1n) is 5.48. The third kappa shape index (κ3) is 2.82. The molecule has 1 fully saturated rings. The first-order chi connectivity index (χ1) is 6.45. The van der Waals surface area contributed by atoms with E-state index >= 15 is 0 Å². The van der Waals surface area contributed by atoms with Gasteiger partial charge >= 0.3 is 0 Å². The van der Waals surface area contributed by atoms with Crippen LogP contribution in [0.2, 0.25) is 0 Å². The highest BCUT2D eigenvalue weighted by molar-refractivity contribution is 4.94. The second kappa shape index (κ2) is 4.77. The highest BCUT2D eigenvalue weighted by Gasteiger charge is 2.17. The van der Waals surface area contributed by atoms with Crippen molar-refractivity contribution in [2.75, 3.05) is 13.1 Å². The van der Waals surface area contributed by atoms with Gasteiger partial charge in [0.05, 0.1) is 12.2 Å². The fraction of sp³-hybridized carbons (Fsp3) is 0.818. The molecule has 13 heavy (non-hydrogen) atoms. The first kappa shape index (κ1) is 9.22. The van der Waals surface area contributed by atoms with Crippen LogP contribution in [0, 0.1) is 0 Å². The van der Waals surface area contributed by atoms with Crippen molar-refractivity contribution in [1.29, 1.82) is 0 Å². The van der Waals surface area contributed by atoms with Crippen LogP contribution in [0.5, 0.6) is 0 Å². The highest BCUT2D eigenvalue weighted by Crippen LogP contribution is 2.17. The summed E-state index contributed by atoms with van der Waals surface area (Å²) < 4.78 is 5.98. The molecule has 2 atom stereocenters. The predicted molar refractivity (Wildman–Crippen MR) is 53.8 cm³/mol. The first-order valence-corrected chi connectivity index (χ1v) is 5.48. The van der Waals surface area contributed by atoms with E-state index in [0.29, 0.717) is 12.2 Å². The Hall–Kier alpha value is -0.340. The van der Waals surface area contributed by atoms with E-state index in [1.165, 1.54) is 38.6 Å². The third-order valence-corrected chi connectivity index (χ3v) is 2.83. The van der Waals surface area contributed by atoms with E-state index in [0.717, 1.165) is 6.54 Å². The van der Waals surface area contributed by atoms with Gasteiger partial charge in [-0.05, 0) is 38.6 Å². The van der Waals surface area contributed by atoms with E-state index in [2.05, 4.69) is 17.5 Å². The molecule has 0 aromatic carbocycles. The van der Waals surface area contributed by atoms with Crippen molar-refractivity contribution in [1.82, 2.24) is 5.32 Å². The summed E-state index contributed by atoms with van der Waals surface area (Å²) in [5.41, 5.74) is 0. The van der Waals surface area contributed by atoms with Crippen molar-refractivity contribution >= 4 is 0 Å². The van der Waals surface area contributed by atoms with Crippen LogP contribution in [0.25, 0.3) is 0 Å². The maximum atomic E-state index is 5.98. The minimum atomic E-state index is 0.402. The van der Waals surface area contributed by atoms with E-state index < -0.39 is 0 Å². The topological polar surface area (TPSA) is 21.3 Å². The van der Waals surface area contributed by atoms with Crippen molar-refractivity contribution < 1.29 is 4.74 Å². The lowest BCUT2D eigenvalue weighted by atomic mass is 10.0. The van der Waals surface area contributed by atoms with Crippen molar-refractivity contribution in [2.24, 2.45) is 0 Å². The second-order valence-electron chi connectivity index (χ2n) is 4.00. The predicted octanol–water partition coefficient (Wildman–Crippen LogP) is 1.86. The van der Waals surface area contributed by atoms with E-state index in [-0.39, 0.29) is 0 Å². The minimum absolute atomic E-state index is 0.402. The standard InChI is InChI=1S/C11H19NO/c1-2-5-10(6-3-1)13-11-7-4-8-12-9-11/h2,5,10-12H,1,3-4,6-9H2/t10?,11-/m0/s1. The maximum Gasteiger partial charge on any atom is 0.0760 e. The lowest BCUT2D eigenvalue weighted by Crippen LogP contribution is -2.37. The molecule has 0 bridgehead atoms. The van der Waals surface area contributed by atoms with Gasteiger partial charge in [-0.2, -0.15) is 0 Å². The molecule has 0 aromatic heterocycles. The molecule has 2 nitrogen and oxygen atoms in total. The Labute approximate surface area is 80.4 Å². The molecule has 2 aliphatic rings. The monoisotopic (exact) mass is 181 g/mol. The van der Waals surface area contributed by atoms with Gasteiger partial charge in [0.25, 0.3) is 0 Å². The van der Waals surface area contributed by atoms with Crippen LogP contribution in [0.1, 0.15) is 32.1 Å². The molecule has 1 aliphatic heterocycles. The molecule has 1 saturated heterocycles. The van der Waals surface area contributed by atoms with Crippen molar-refractivity contribution in [3.05, 3.63) is 12.2 Å². The van der Waals surface area contributed by atoms with E-state index in [9.17, 15) is 0 Å². The quantitative estimate of drug-likeness (QED) is 0.657. The van der Waals surface area contributed by atoms with Gasteiger partial charge in [-0.1, -0.05) is 12.2 Å². The van der Waals surface area contributed by atoms with E-state index in [4.69, 9.17) is 4.74 Å². The van der Waals surface area contributed by atoms with Crippen LogP contribution in [0.3, 0.4) is 0 Å². The van der Waals surface area contributed by atoms with Crippen LogP contribution < -0.4 is 5.32 Å². The number of allylic oxidation sites excluding steroid dienone is 1. The molecular formula is C11H19NO. The summed E-state index contributed by atoms with van der Waals surface area (Å²) in [4.78, 5) is 0. The third-order valence-electron chi connectivity index (χ3n) is 2.83. The Kier molecular flexibility index (Phi) is 3.39. The zero-order chi connectivity index (χ0) is 8.93. The van der Waals surface area contributed by atoms with E-state index in [1.807, 2.05) is 0 Å². The smallest absolute Gasteiger partial charge is 0.0760 e.